The summed E-state index contributed by atoms with van der Waals surface area (Å²) in [5, 5.41) is 7.52. The predicted octanol–water partition coefficient (Wildman–Crippen LogP) is 0.218. The van der Waals surface area contributed by atoms with E-state index in [1.54, 1.807) is 0 Å². The molecule has 0 aliphatic carbocycles. The van der Waals surface area contributed by atoms with Gasteiger partial charge in [-0.15, -0.1) is 13.2 Å². The summed E-state index contributed by atoms with van der Waals surface area (Å²) >= 11 is 4.44. The molecule has 0 atom stereocenters. The molecule has 4 heteroatoms. The van der Waals surface area contributed by atoms with Gasteiger partial charge in [0, 0.05) is 11.9 Å². The molecule has 0 aliphatic rings. The molecule has 0 aromatic heterocycles. The van der Waals surface area contributed by atoms with Gasteiger partial charge in [0.15, 0.2) is 0 Å². The van der Waals surface area contributed by atoms with Crippen LogP contribution in [0.3, 0.4) is 0 Å². The number of rotatable bonds is 1. The first-order chi connectivity index (χ1) is 2.91. The van der Waals surface area contributed by atoms with Gasteiger partial charge in [0.2, 0.25) is 0 Å². The van der Waals surface area contributed by atoms with Gasteiger partial charge < -0.3 is 9.23 Å². The fourth-order valence-electron chi connectivity index (χ4n) is 0. The molecular weight excluding hydrogens is 102 g/mol. The van der Waals surface area contributed by atoms with Crippen molar-refractivity contribution in [2.24, 2.45) is 0 Å². The Balaban J connectivity index is 0. The summed E-state index contributed by atoms with van der Waals surface area (Å²) < 4.78 is 3.57. The van der Waals surface area contributed by atoms with Crippen LogP contribution in [0.2, 0.25) is 0 Å². The molecule has 0 radical (unpaired) electrons. The Morgan fingerprint density at radius 1 is 1.67 bits per heavy atom. The molecule has 0 amide bonds. The van der Waals surface area contributed by atoms with Gasteiger partial charge in [-0.2, -0.15) is 0 Å². The molecule has 6 heavy (non-hydrogen) atoms. The van der Waals surface area contributed by atoms with E-state index in [1.807, 2.05) is 0 Å². The molecule has 0 aliphatic heterocycles. The van der Waals surface area contributed by atoms with Crippen molar-refractivity contribution in [2.75, 3.05) is 0 Å². The molecule has 0 rings (SSSR count). The van der Waals surface area contributed by atoms with Crippen molar-refractivity contribution in [1.82, 2.24) is 0 Å². The average Bonchev–Trinajstić information content (AvgIpc) is 1.72. The third-order valence-corrected chi connectivity index (χ3v) is 0.146. The smallest absolute Gasteiger partial charge is 0.429 e. The molecule has 0 fully saturated rings. The first-order valence-corrected chi connectivity index (χ1v) is 1.57. The Kier molecular flexibility index (Phi) is 31.1. The highest BCUT2D eigenvalue weighted by atomic mass is 35.5. The molecule has 1 N–H and O–H groups in total. The summed E-state index contributed by atoms with van der Waals surface area (Å²) in [6.07, 6.45) is 0. The van der Waals surface area contributed by atoms with E-state index in [1.165, 1.54) is 0 Å². The summed E-state index contributed by atoms with van der Waals surface area (Å²) in [5.74, 6) is 0. The van der Waals surface area contributed by atoms with Crippen LogP contribution in [0, 0.1) is 0 Å². The maximum Gasteiger partial charge on any atom is 0.454 e. The Bertz CT molecular complexity index is 19.0. The zero-order chi connectivity index (χ0) is 5.41. The lowest BCUT2D eigenvalue weighted by atomic mass is 10.5. The fraction of sp³-hybridized carbons (Fsp3) is 0. The van der Waals surface area contributed by atoms with E-state index in [2.05, 4.69) is 29.2 Å². The first kappa shape index (κ1) is 9.38. The van der Waals surface area contributed by atoms with Crippen LogP contribution >= 0.6 is 11.9 Å². The normalized spacial score (nSPS) is 5.00. The van der Waals surface area contributed by atoms with E-state index in [0.29, 0.717) is 0 Å². The number of hydrogen-bond donors (Lipinski definition) is 1. The van der Waals surface area contributed by atoms with Gasteiger partial charge in [-0.1, -0.05) is 0 Å². The topological polar surface area (TPSA) is 29.5 Å². The van der Waals surface area contributed by atoms with E-state index in [-0.39, 0.29) is 0 Å². The van der Waals surface area contributed by atoms with Gasteiger partial charge in [0.1, 0.15) is 0 Å². The zero-order valence-electron chi connectivity index (χ0n) is 3.35. The summed E-state index contributed by atoms with van der Waals surface area (Å²) in [7, 11) is -0.415. The van der Waals surface area contributed by atoms with E-state index >= 15 is 0 Å². The van der Waals surface area contributed by atoms with E-state index in [9.17, 15) is 0 Å². The van der Waals surface area contributed by atoms with Gasteiger partial charge in [0.05, 0.1) is 0 Å². The fourth-order valence-corrected chi connectivity index (χ4v) is 0. The van der Waals surface area contributed by atoms with Crippen LogP contribution in [0.15, 0.2) is 13.2 Å². The maximum absolute atomic E-state index is 7.52. The van der Waals surface area contributed by atoms with Gasteiger partial charge in [-0.3, -0.25) is 0 Å². The third kappa shape index (κ3) is 35.4. The van der Waals surface area contributed by atoms with Crippen molar-refractivity contribution >= 4 is 19.6 Å². The molecule has 0 unspecified atom stereocenters. The van der Waals surface area contributed by atoms with E-state index < -0.39 is 7.69 Å². The van der Waals surface area contributed by atoms with Crippen molar-refractivity contribution in [3.63, 3.8) is 0 Å². The maximum atomic E-state index is 7.52. The highest BCUT2D eigenvalue weighted by Crippen LogP contribution is 1.64. The lowest BCUT2D eigenvalue weighted by Gasteiger charge is -1.66. The SMILES string of the molecule is C=C.OBOCl. The molecule has 36 valence electrons. The Hall–Kier alpha value is 0.0149. The third-order valence-electron chi connectivity index (χ3n) is 0.0488. The molecule has 0 aromatic carbocycles. The molecular formula is C2H6BClO2. The standard InChI is InChI=1S/C2H4.BClH2O2/c1-2;2-4-1-3/h1-2H2;1,3H. The highest BCUT2D eigenvalue weighted by Gasteiger charge is 1.67. The van der Waals surface area contributed by atoms with Gasteiger partial charge >= 0.3 is 7.69 Å². The van der Waals surface area contributed by atoms with Crippen molar-refractivity contribution in [2.45, 2.75) is 0 Å². The lowest BCUT2D eigenvalue weighted by Crippen LogP contribution is -1.80. The van der Waals surface area contributed by atoms with Crippen LogP contribution in [0.25, 0.3) is 0 Å². The Labute approximate surface area is 42.9 Å². The summed E-state index contributed by atoms with van der Waals surface area (Å²) in [6, 6.07) is 0. The molecule has 0 saturated heterocycles. The van der Waals surface area contributed by atoms with Crippen molar-refractivity contribution in [3.05, 3.63) is 13.2 Å². The molecule has 0 bridgehead atoms. The van der Waals surface area contributed by atoms with Crippen molar-refractivity contribution in [3.8, 4) is 0 Å². The minimum absolute atomic E-state index is 0.415. The zero-order valence-corrected chi connectivity index (χ0v) is 4.11. The van der Waals surface area contributed by atoms with E-state index in [4.69, 9.17) is 5.02 Å². The molecule has 0 heterocycles. The average molecular weight is 108 g/mol. The second-order valence-electron chi connectivity index (χ2n) is 0.238. The van der Waals surface area contributed by atoms with Crippen molar-refractivity contribution in [1.29, 1.82) is 0 Å². The Morgan fingerprint density at radius 3 is 1.83 bits per heavy atom. The molecule has 0 aromatic rings. The molecule has 2 nitrogen and oxygen atoms in total. The number of halogens is 1. The van der Waals surface area contributed by atoms with Crippen molar-refractivity contribution < 1.29 is 9.23 Å². The quantitative estimate of drug-likeness (QED) is 0.384. The summed E-state index contributed by atoms with van der Waals surface area (Å²) in [6.45, 7) is 6.00. The molecule has 0 saturated carbocycles. The minimum atomic E-state index is -0.415. The predicted molar refractivity (Wildman–Crippen MR) is 27.6 cm³/mol. The van der Waals surface area contributed by atoms with Crippen LogP contribution in [0.4, 0.5) is 0 Å². The lowest BCUT2D eigenvalue weighted by molar-refractivity contribution is 0.479. The Morgan fingerprint density at radius 2 is 1.83 bits per heavy atom. The first-order valence-electron chi connectivity index (χ1n) is 1.26. The highest BCUT2D eigenvalue weighted by molar-refractivity contribution is 6.29. The largest absolute Gasteiger partial charge is 0.454 e. The minimum Gasteiger partial charge on any atom is -0.429 e. The van der Waals surface area contributed by atoms with E-state index in [0.717, 1.165) is 0 Å². The second-order valence-corrected chi connectivity index (χ2v) is 0.456. The van der Waals surface area contributed by atoms with Gasteiger partial charge in [-0.25, -0.2) is 0 Å². The number of hydrogen-bond acceptors (Lipinski definition) is 2. The van der Waals surface area contributed by atoms with Crippen LogP contribution in [-0.4, -0.2) is 12.7 Å². The molecule has 0 spiro atoms. The summed E-state index contributed by atoms with van der Waals surface area (Å²) in [5.41, 5.74) is 0. The summed E-state index contributed by atoms with van der Waals surface area (Å²) in [4.78, 5) is 0. The van der Waals surface area contributed by atoms with Crippen LogP contribution in [-0.2, 0) is 4.21 Å². The monoisotopic (exact) mass is 108 g/mol. The second kappa shape index (κ2) is 19.9. The van der Waals surface area contributed by atoms with Crippen LogP contribution in [0.5, 0.6) is 0 Å². The van der Waals surface area contributed by atoms with Gasteiger partial charge in [0.25, 0.3) is 0 Å². The van der Waals surface area contributed by atoms with Crippen LogP contribution in [0.1, 0.15) is 0 Å². The van der Waals surface area contributed by atoms with Gasteiger partial charge in [-0.05, 0) is 0 Å². The van der Waals surface area contributed by atoms with Crippen LogP contribution < -0.4 is 0 Å².